The van der Waals surface area contributed by atoms with Crippen molar-refractivity contribution in [3.05, 3.63) is 41.1 Å². The molecule has 1 heterocycles. The molecule has 4 nitrogen and oxygen atoms in total. The third-order valence-electron chi connectivity index (χ3n) is 4.39. The van der Waals surface area contributed by atoms with Gasteiger partial charge in [-0.3, -0.25) is 0 Å². The smallest absolute Gasteiger partial charge is 0.165 e. The molecule has 0 aliphatic carbocycles. The molecule has 142 valence electrons. The lowest BCUT2D eigenvalue weighted by molar-refractivity contribution is 0.474. The molecule has 2 aromatic rings. The first-order valence-electron chi connectivity index (χ1n) is 9.01. The summed E-state index contributed by atoms with van der Waals surface area (Å²) in [6.07, 6.45) is 1.89. The van der Waals surface area contributed by atoms with E-state index in [0.29, 0.717) is 17.8 Å². The number of halogens is 2. The summed E-state index contributed by atoms with van der Waals surface area (Å²) in [7, 11) is 1.87. The number of hydrogen-bond acceptors (Lipinski definition) is 4. The SMILES string of the molecule is CCCC(CNC)c1cc(NCC)c(O)c(-c2cc(C)c(F)cc2F)n1. The van der Waals surface area contributed by atoms with Gasteiger partial charge in [-0.1, -0.05) is 13.3 Å². The Kier molecular flexibility index (Phi) is 6.91. The summed E-state index contributed by atoms with van der Waals surface area (Å²) in [6, 6.07) is 4.04. The van der Waals surface area contributed by atoms with Crippen LogP contribution < -0.4 is 10.6 Å². The molecule has 6 heteroatoms. The van der Waals surface area contributed by atoms with Crippen molar-refractivity contribution in [2.75, 3.05) is 25.5 Å². The highest BCUT2D eigenvalue weighted by molar-refractivity contribution is 5.75. The lowest BCUT2D eigenvalue weighted by Crippen LogP contribution is -2.18. The average Bonchev–Trinajstić information content (AvgIpc) is 2.60. The van der Waals surface area contributed by atoms with E-state index >= 15 is 0 Å². The summed E-state index contributed by atoms with van der Waals surface area (Å²) in [4.78, 5) is 4.56. The first-order chi connectivity index (χ1) is 12.4. The Morgan fingerprint density at radius 1 is 1.15 bits per heavy atom. The monoisotopic (exact) mass is 363 g/mol. The maximum absolute atomic E-state index is 14.4. The van der Waals surface area contributed by atoms with Gasteiger partial charge in [0.2, 0.25) is 0 Å². The van der Waals surface area contributed by atoms with Gasteiger partial charge in [0.05, 0.1) is 5.69 Å². The summed E-state index contributed by atoms with van der Waals surface area (Å²) in [5.41, 5.74) is 1.81. The molecule has 0 saturated carbocycles. The molecule has 1 aromatic carbocycles. The van der Waals surface area contributed by atoms with Crippen LogP contribution in [-0.4, -0.2) is 30.2 Å². The predicted octanol–water partition coefficient (Wildman–Crippen LogP) is 4.58. The Hall–Kier alpha value is -2.21. The lowest BCUT2D eigenvalue weighted by Gasteiger charge is -2.20. The van der Waals surface area contributed by atoms with Gasteiger partial charge in [0, 0.05) is 36.3 Å². The number of nitrogens with zero attached hydrogens (tertiary/aromatic N) is 1. The summed E-state index contributed by atoms with van der Waals surface area (Å²) in [6.45, 7) is 6.90. The minimum Gasteiger partial charge on any atom is -0.504 e. The van der Waals surface area contributed by atoms with Crippen LogP contribution in [0.4, 0.5) is 14.5 Å². The second kappa shape index (κ2) is 8.94. The van der Waals surface area contributed by atoms with Crippen LogP contribution in [0.1, 0.15) is 43.9 Å². The van der Waals surface area contributed by atoms with E-state index < -0.39 is 11.6 Å². The highest BCUT2D eigenvalue weighted by atomic mass is 19.1. The fourth-order valence-corrected chi connectivity index (χ4v) is 3.07. The Morgan fingerprint density at radius 2 is 1.88 bits per heavy atom. The maximum atomic E-state index is 14.4. The molecule has 3 N–H and O–H groups in total. The van der Waals surface area contributed by atoms with Gasteiger partial charge in [0.1, 0.15) is 17.3 Å². The van der Waals surface area contributed by atoms with Gasteiger partial charge < -0.3 is 15.7 Å². The fourth-order valence-electron chi connectivity index (χ4n) is 3.07. The molecule has 0 fully saturated rings. The van der Waals surface area contributed by atoms with Crippen molar-refractivity contribution in [1.29, 1.82) is 0 Å². The second-order valence-corrected chi connectivity index (χ2v) is 6.45. The lowest BCUT2D eigenvalue weighted by atomic mass is 9.97. The molecule has 0 spiro atoms. The molecular formula is C20H27F2N3O. The van der Waals surface area contributed by atoms with E-state index in [-0.39, 0.29) is 22.9 Å². The summed E-state index contributed by atoms with van der Waals surface area (Å²) >= 11 is 0. The second-order valence-electron chi connectivity index (χ2n) is 6.45. The van der Waals surface area contributed by atoms with Crippen LogP contribution in [0.5, 0.6) is 5.75 Å². The predicted molar refractivity (Wildman–Crippen MR) is 102 cm³/mol. The van der Waals surface area contributed by atoms with Gasteiger partial charge in [-0.05, 0) is 45.0 Å². The molecule has 1 unspecified atom stereocenters. The van der Waals surface area contributed by atoms with Crippen LogP contribution in [0.25, 0.3) is 11.3 Å². The van der Waals surface area contributed by atoms with Crippen molar-refractivity contribution in [2.45, 2.75) is 39.5 Å². The molecule has 0 aliphatic heterocycles. The molecule has 0 saturated heterocycles. The van der Waals surface area contributed by atoms with E-state index in [1.165, 1.54) is 6.07 Å². The molecule has 0 radical (unpaired) electrons. The Bertz CT molecular complexity index is 759. The summed E-state index contributed by atoms with van der Waals surface area (Å²) in [5, 5.41) is 16.9. The van der Waals surface area contributed by atoms with Gasteiger partial charge >= 0.3 is 0 Å². The van der Waals surface area contributed by atoms with E-state index in [1.807, 2.05) is 20.0 Å². The molecular weight excluding hydrogens is 336 g/mol. The van der Waals surface area contributed by atoms with Gasteiger partial charge in [-0.15, -0.1) is 0 Å². The summed E-state index contributed by atoms with van der Waals surface area (Å²) < 4.78 is 28.1. The molecule has 0 bridgehead atoms. The number of hydrogen-bond donors (Lipinski definition) is 3. The number of pyridine rings is 1. The zero-order valence-electron chi connectivity index (χ0n) is 15.8. The van der Waals surface area contributed by atoms with Crippen molar-refractivity contribution in [3.8, 4) is 17.0 Å². The first-order valence-corrected chi connectivity index (χ1v) is 9.01. The molecule has 2 rings (SSSR count). The number of aromatic hydroxyl groups is 1. The van der Waals surface area contributed by atoms with Crippen LogP contribution in [0.3, 0.4) is 0 Å². The normalized spacial score (nSPS) is 12.2. The highest BCUT2D eigenvalue weighted by Gasteiger charge is 2.21. The first kappa shape index (κ1) is 20.1. The van der Waals surface area contributed by atoms with Crippen LogP contribution in [-0.2, 0) is 0 Å². The number of rotatable bonds is 8. The van der Waals surface area contributed by atoms with Crippen LogP contribution >= 0.6 is 0 Å². The molecule has 26 heavy (non-hydrogen) atoms. The van der Waals surface area contributed by atoms with Crippen LogP contribution in [0.2, 0.25) is 0 Å². The van der Waals surface area contributed by atoms with Crippen LogP contribution in [0.15, 0.2) is 18.2 Å². The van der Waals surface area contributed by atoms with Crippen molar-refractivity contribution < 1.29 is 13.9 Å². The summed E-state index contributed by atoms with van der Waals surface area (Å²) in [5.74, 6) is -1.35. The van der Waals surface area contributed by atoms with E-state index in [4.69, 9.17) is 0 Å². The minimum atomic E-state index is -0.740. The zero-order chi connectivity index (χ0) is 19.3. The van der Waals surface area contributed by atoms with Gasteiger partial charge in [0.15, 0.2) is 5.75 Å². The van der Waals surface area contributed by atoms with Crippen molar-refractivity contribution in [2.24, 2.45) is 0 Å². The fraction of sp³-hybridized carbons (Fsp3) is 0.450. The Morgan fingerprint density at radius 3 is 2.50 bits per heavy atom. The number of aryl methyl sites for hydroxylation is 1. The number of nitrogens with one attached hydrogen (secondary N) is 2. The highest BCUT2D eigenvalue weighted by Crippen LogP contribution is 2.38. The quantitative estimate of drug-likeness (QED) is 0.643. The average molecular weight is 363 g/mol. The van der Waals surface area contributed by atoms with E-state index in [9.17, 15) is 13.9 Å². The molecule has 0 amide bonds. The standard InChI is InChI=1S/C20H27F2N3O/c1-5-7-13(11-23-4)17-10-18(24-6-2)20(26)19(25-17)14-8-12(3)15(21)9-16(14)22/h8-10,13,23,26H,5-7,11H2,1-4H3,(H,24,25). The van der Waals surface area contributed by atoms with Gasteiger partial charge in [0.25, 0.3) is 0 Å². The van der Waals surface area contributed by atoms with Crippen molar-refractivity contribution >= 4 is 5.69 Å². The van der Waals surface area contributed by atoms with Crippen LogP contribution in [0, 0.1) is 18.6 Å². The third-order valence-corrected chi connectivity index (χ3v) is 4.39. The maximum Gasteiger partial charge on any atom is 0.165 e. The molecule has 0 aliphatic rings. The largest absolute Gasteiger partial charge is 0.504 e. The molecule has 1 aromatic heterocycles. The van der Waals surface area contributed by atoms with E-state index in [0.717, 1.165) is 31.1 Å². The zero-order valence-corrected chi connectivity index (χ0v) is 15.8. The van der Waals surface area contributed by atoms with Gasteiger partial charge in [-0.2, -0.15) is 0 Å². The van der Waals surface area contributed by atoms with Gasteiger partial charge in [-0.25, -0.2) is 13.8 Å². The van der Waals surface area contributed by atoms with Crippen molar-refractivity contribution in [1.82, 2.24) is 10.3 Å². The van der Waals surface area contributed by atoms with Crippen molar-refractivity contribution in [3.63, 3.8) is 0 Å². The number of aromatic nitrogens is 1. The Labute approximate surface area is 153 Å². The number of anilines is 1. The molecule has 1 atom stereocenters. The number of benzene rings is 1. The third kappa shape index (κ3) is 4.30. The number of likely N-dealkylation sites (N-methyl/N-ethyl adjacent to an activating group) is 1. The Balaban J connectivity index is 2.66. The van der Waals surface area contributed by atoms with E-state index in [2.05, 4.69) is 22.5 Å². The van der Waals surface area contributed by atoms with E-state index in [1.54, 1.807) is 6.92 Å². The minimum absolute atomic E-state index is 0.0992. The topological polar surface area (TPSA) is 57.2 Å².